The van der Waals surface area contributed by atoms with Crippen molar-refractivity contribution in [3.63, 3.8) is 0 Å². The Morgan fingerprint density at radius 1 is 1.36 bits per heavy atom. The standard InChI is InChI=1S/C18H22BrN3O3/c1-11-5-7-18(8-6-11)16(24)22(17(25)21-18)10-15(23)20-13-4-3-12(2)14(19)9-13/h3-4,9,11H,5-8,10H2,1-2H3,(H,20,23)(H,21,25). The summed E-state index contributed by atoms with van der Waals surface area (Å²) in [6, 6.07) is 4.99. The summed E-state index contributed by atoms with van der Waals surface area (Å²) in [5.41, 5.74) is 0.868. The number of anilines is 1. The third-order valence-corrected chi connectivity index (χ3v) is 5.99. The van der Waals surface area contributed by atoms with Gasteiger partial charge in [-0.25, -0.2) is 4.79 Å². The molecule has 7 heteroatoms. The van der Waals surface area contributed by atoms with Crippen molar-refractivity contribution in [2.45, 2.75) is 45.1 Å². The van der Waals surface area contributed by atoms with Gasteiger partial charge in [-0.3, -0.25) is 14.5 Å². The first-order chi connectivity index (χ1) is 11.8. The molecule has 134 valence electrons. The minimum atomic E-state index is -0.809. The van der Waals surface area contributed by atoms with E-state index >= 15 is 0 Å². The molecule has 0 bridgehead atoms. The van der Waals surface area contributed by atoms with E-state index in [1.54, 1.807) is 12.1 Å². The number of aryl methyl sites for hydroxylation is 1. The Morgan fingerprint density at radius 2 is 2.04 bits per heavy atom. The number of halogens is 1. The highest BCUT2D eigenvalue weighted by Gasteiger charge is 2.52. The highest BCUT2D eigenvalue weighted by atomic mass is 79.9. The van der Waals surface area contributed by atoms with Crippen LogP contribution in [-0.4, -0.2) is 34.8 Å². The van der Waals surface area contributed by atoms with E-state index in [1.807, 2.05) is 13.0 Å². The second-order valence-electron chi connectivity index (χ2n) is 7.10. The molecule has 1 spiro atoms. The Morgan fingerprint density at radius 3 is 2.68 bits per heavy atom. The lowest BCUT2D eigenvalue weighted by Crippen LogP contribution is -2.49. The molecule has 0 aromatic heterocycles. The lowest BCUT2D eigenvalue weighted by molar-refractivity contribution is -0.135. The van der Waals surface area contributed by atoms with E-state index < -0.39 is 11.6 Å². The van der Waals surface area contributed by atoms with Crippen molar-refractivity contribution in [3.8, 4) is 0 Å². The zero-order valence-electron chi connectivity index (χ0n) is 14.4. The predicted octanol–water partition coefficient (Wildman–Crippen LogP) is 3.20. The Labute approximate surface area is 155 Å². The molecule has 1 aromatic carbocycles. The molecular weight excluding hydrogens is 386 g/mol. The van der Waals surface area contributed by atoms with Crippen LogP contribution in [0.4, 0.5) is 10.5 Å². The maximum atomic E-state index is 12.7. The van der Waals surface area contributed by atoms with Crippen LogP contribution in [0.15, 0.2) is 22.7 Å². The van der Waals surface area contributed by atoms with Gasteiger partial charge >= 0.3 is 6.03 Å². The first-order valence-electron chi connectivity index (χ1n) is 8.51. The quantitative estimate of drug-likeness (QED) is 0.755. The Bertz CT molecular complexity index is 726. The fourth-order valence-electron chi connectivity index (χ4n) is 3.43. The molecule has 1 aliphatic heterocycles. The molecule has 1 saturated carbocycles. The lowest BCUT2D eigenvalue weighted by Gasteiger charge is -2.33. The van der Waals surface area contributed by atoms with E-state index in [1.165, 1.54) is 0 Å². The van der Waals surface area contributed by atoms with Crippen LogP contribution in [0.1, 0.15) is 38.2 Å². The van der Waals surface area contributed by atoms with Crippen molar-refractivity contribution in [1.82, 2.24) is 10.2 Å². The number of hydrogen-bond donors (Lipinski definition) is 2. The fourth-order valence-corrected chi connectivity index (χ4v) is 3.81. The number of urea groups is 1. The molecule has 3 rings (SSSR count). The van der Waals surface area contributed by atoms with Crippen LogP contribution in [0.2, 0.25) is 0 Å². The number of nitrogens with one attached hydrogen (secondary N) is 2. The fraction of sp³-hybridized carbons (Fsp3) is 0.500. The van der Waals surface area contributed by atoms with Gasteiger partial charge in [0.15, 0.2) is 0 Å². The van der Waals surface area contributed by atoms with Crippen molar-refractivity contribution in [3.05, 3.63) is 28.2 Å². The van der Waals surface area contributed by atoms with Gasteiger partial charge in [-0.2, -0.15) is 0 Å². The number of carbonyl (C=O) groups is 3. The molecule has 25 heavy (non-hydrogen) atoms. The smallest absolute Gasteiger partial charge is 0.324 e. The number of nitrogens with zero attached hydrogens (tertiary/aromatic N) is 1. The number of carbonyl (C=O) groups excluding carboxylic acids is 3. The monoisotopic (exact) mass is 407 g/mol. The minimum Gasteiger partial charge on any atom is -0.324 e. The van der Waals surface area contributed by atoms with Gasteiger partial charge in [-0.1, -0.05) is 28.9 Å². The SMILES string of the molecule is Cc1ccc(NC(=O)CN2C(=O)NC3(CCC(C)CC3)C2=O)cc1Br. The average Bonchev–Trinajstić information content (AvgIpc) is 2.78. The molecule has 1 aliphatic carbocycles. The highest BCUT2D eigenvalue weighted by molar-refractivity contribution is 9.10. The zero-order valence-corrected chi connectivity index (χ0v) is 16.0. The van der Waals surface area contributed by atoms with Crippen molar-refractivity contribution >= 4 is 39.5 Å². The van der Waals surface area contributed by atoms with E-state index in [-0.39, 0.29) is 18.4 Å². The minimum absolute atomic E-state index is 0.270. The van der Waals surface area contributed by atoms with Crippen molar-refractivity contribution in [2.75, 3.05) is 11.9 Å². The van der Waals surface area contributed by atoms with Gasteiger partial charge in [0, 0.05) is 10.2 Å². The molecule has 2 aliphatic rings. The summed E-state index contributed by atoms with van der Waals surface area (Å²) in [5.74, 6) is -0.0993. The van der Waals surface area contributed by atoms with Gasteiger partial charge in [0.2, 0.25) is 5.91 Å². The largest absolute Gasteiger partial charge is 0.325 e. The van der Waals surface area contributed by atoms with Crippen molar-refractivity contribution in [1.29, 1.82) is 0 Å². The first-order valence-corrected chi connectivity index (χ1v) is 9.30. The predicted molar refractivity (Wildman–Crippen MR) is 98.1 cm³/mol. The van der Waals surface area contributed by atoms with E-state index in [2.05, 4.69) is 33.5 Å². The number of benzene rings is 1. The van der Waals surface area contributed by atoms with Gasteiger partial charge in [0.1, 0.15) is 12.1 Å². The maximum absolute atomic E-state index is 12.7. The average molecular weight is 408 g/mol. The van der Waals surface area contributed by atoms with Crippen LogP contribution < -0.4 is 10.6 Å². The molecule has 0 radical (unpaired) electrons. The Hall–Kier alpha value is -1.89. The molecule has 1 heterocycles. The topological polar surface area (TPSA) is 78.5 Å². The molecule has 1 saturated heterocycles. The summed E-state index contributed by atoms with van der Waals surface area (Å²) in [5, 5.41) is 5.56. The molecular formula is C18H22BrN3O3. The van der Waals surface area contributed by atoms with Crippen LogP contribution >= 0.6 is 15.9 Å². The number of amides is 4. The van der Waals surface area contributed by atoms with Gasteiger partial charge in [-0.05, 0) is 56.2 Å². The number of imide groups is 1. The third-order valence-electron chi connectivity index (χ3n) is 5.13. The Kier molecular flexibility index (Phi) is 4.86. The van der Waals surface area contributed by atoms with Gasteiger partial charge in [0.05, 0.1) is 0 Å². The highest BCUT2D eigenvalue weighted by Crippen LogP contribution is 2.36. The molecule has 0 unspecified atom stereocenters. The summed E-state index contributed by atoms with van der Waals surface area (Å²) in [4.78, 5) is 38.3. The third kappa shape index (κ3) is 3.56. The summed E-state index contributed by atoms with van der Waals surface area (Å²) in [6.45, 7) is 3.83. The molecule has 0 atom stereocenters. The van der Waals surface area contributed by atoms with Crippen molar-refractivity contribution < 1.29 is 14.4 Å². The first kappa shape index (κ1) is 17.9. The second-order valence-corrected chi connectivity index (χ2v) is 7.95. The molecule has 6 nitrogen and oxygen atoms in total. The second kappa shape index (κ2) is 6.78. The van der Waals surface area contributed by atoms with Gasteiger partial charge < -0.3 is 10.6 Å². The zero-order chi connectivity index (χ0) is 18.2. The van der Waals surface area contributed by atoms with Gasteiger partial charge in [-0.15, -0.1) is 0 Å². The van der Waals surface area contributed by atoms with E-state index in [0.717, 1.165) is 27.8 Å². The van der Waals surface area contributed by atoms with Crippen LogP contribution in [0, 0.1) is 12.8 Å². The number of rotatable bonds is 3. The summed E-state index contributed by atoms with van der Waals surface area (Å²) in [6.07, 6.45) is 3.09. The van der Waals surface area contributed by atoms with E-state index in [9.17, 15) is 14.4 Å². The molecule has 2 fully saturated rings. The summed E-state index contributed by atoms with van der Waals surface area (Å²) in [7, 11) is 0. The van der Waals surface area contributed by atoms with E-state index in [0.29, 0.717) is 24.4 Å². The molecule has 4 amide bonds. The number of hydrogen-bond acceptors (Lipinski definition) is 3. The summed E-state index contributed by atoms with van der Waals surface area (Å²) < 4.78 is 0.885. The van der Waals surface area contributed by atoms with Crippen LogP contribution in [0.5, 0.6) is 0 Å². The Balaban J connectivity index is 1.66. The lowest BCUT2D eigenvalue weighted by atomic mass is 9.77. The van der Waals surface area contributed by atoms with E-state index in [4.69, 9.17) is 0 Å². The molecule has 1 aromatic rings. The van der Waals surface area contributed by atoms with Crippen LogP contribution in [0.3, 0.4) is 0 Å². The van der Waals surface area contributed by atoms with Crippen molar-refractivity contribution in [2.24, 2.45) is 5.92 Å². The molecule has 2 N–H and O–H groups in total. The van der Waals surface area contributed by atoms with Gasteiger partial charge in [0.25, 0.3) is 5.91 Å². The maximum Gasteiger partial charge on any atom is 0.325 e. The summed E-state index contributed by atoms with van der Waals surface area (Å²) >= 11 is 3.42. The van der Waals surface area contributed by atoms with Crippen LogP contribution in [0.25, 0.3) is 0 Å². The van der Waals surface area contributed by atoms with Crippen LogP contribution in [-0.2, 0) is 9.59 Å². The normalized spacial score (nSPS) is 26.0.